The van der Waals surface area contributed by atoms with E-state index >= 15 is 0 Å². The van der Waals surface area contributed by atoms with Crippen LogP contribution in [0.1, 0.15) is 21.5 Å². The molecule has 4 rings (SSSR count). The standard InChI is InChI=1S/C21H20N4O2S/c1-24(12-15-11-22-25(2)13-15)20(26)17-8-4-3-7-16(17)14-28-21-23-18-9-5-6-10-19(18)27-21/h3-11,13H,12,14H2,1-2H3. The normalized spacial score (nSPS) is 11.1. The van der Waals surface area contributed by atoms with Crippen molar-refractivity contribution in [3.8, 4) is 0 Å². The molecule has 28 heavy (non-hydrogen) atoms. The molecule has 0 saturated carbocycles. The number of aryl methyl sites for hydroxylation is 1. The highest BCUT2D eigenvalue weighted by Gasteiger charge is 2.17. The lowest BCUT2D eigenvalue weighted by Crippen LogP contribution is -2.27. The van der Waals surface area contributed by atoms with Crippen LogP contribution >= 0.6 is 11.8 Å². The Morgan fingerprint density at radius 2 is 1.96 bits per heavy atom. The summed E-state index contributed by atoms with van der Waals surface area (Å²) in [6.45, 7) is 0.513. The number of hydrogen-bond donors (Lipinski definition) is 0. The summed E-state index contributed by atoms with van der Waals surface area (Å²) in [6.07, 6.45) is 3.69. The van der Waals surface area contributed by atoms with E-state index < -0.39 is 0 Å². The van der Waals surface area contributed by atoms with Gasteiger partial charge in [0.25, 0.3) is 11.1 Å². The maximum absolute atomic E-state index is 13.0. The van der Waals surface area contributed by atoms with Gasteiger partial charge in [-0.3, -0.25) is 9.48 Å². The summed E-state index contributed by atoms with van der Waals surface area (Å²) < 4.78 is 7.50. The van der Waals surface area contributed by atoms with Crippen LogP contribution in [0.4, 0.5) is 0 Å². The van der Waals surface area contributed by atoms with Gasteiger partial charge in [-0.2, -0.15) is 5.10 Å². The average Bonchev–Trinajstić information content (AvgIpc) is 3.31. The first-order valence-corrected chi connectivity index (χ1v) is 9.88. The van der Waals surface area contributed by atoms with Crippen LogP contribution in [-0.4, -0.2) is 32.6 Å². The van der Waals surface area contributed by atoms with E-state index in [9.17, 15) is 4.79 Å². The summed E-state index contributed by atoms with van der Waals surface area (Å²) in [5, 5.41) is 4.76. The van der Waals surface area contributed by atoms with E-state index in [4.69, 9.17) is 4.42 Å². The molecule has 6 nitrogen and oxygen atoms in total. The largest absolute Gasteiger partial charge is 0.431 e. The Labute approximate surface area is 167 Å². The SMILES string of the molecule is CN(Cc1cnn(C)c1)C(=O)c1ccccc1CSc1nc2ccccc2o1. The van der Waals surface area contributed by atoms with Crippen molar-refractivity contribution in [1.82, 2.24) is 19.7 Å². The lowest BCUT2D eigenvalue weighted by Gasteiger charge is -2.18. The monoisotopic (exact) mass is 392 g/mol. The number of para-hydroxylation sites is 2. The molecule has 0 bridgehead atoms. The number of carbonyl (C=O) groups is 1. The van der Waals surface area contributed by atoms with Crippen molar-refractivity contribution < 1.29 is 9.21 Å². The van der Waals surface area contributed by atoms with Crippen LogP contribution in [0.15, 0.2) is 70.6 Å². The Morgan fingerprint density at radius 3 is 2.75 bits per heavy atom. The number of carbonyl (C=O) groups excluding carboxylic acids is 1. The van der Waals surface area contributed by atoms with E-state index in [0.717, 1.165) is 22.2 Å². The minimum atomic E-state index is -0.0161. The van der Waals surface area contributed by atoms with Gasteiger partial charge in [-0.1, -0.05) is 42.1 Å². The third-order valence-corrected chi connectivity index (χ3v) is 5.27. The molecular weight excluding hydrogens is 372 g/mol. The van der Waals surface area contributed by atoms with Gasteiger partial charge in [-0.25, -0.2) is 4.98 Å². The average molecular weight is 392 g/mol. The highest BCUT2D eigenvalue weighted by molar-refractivity contribution is 7.98. The van der Waals surface area contributed by atoms with Crippen LogP contribution in [0, 0.1) is 0 Å². The first-order chi connectivity index (χ1) is 13.6. The molecule has 2 heterocycles. The van der Waals surface area contributed by atoms with E-state index in [1.807, 2.05) is 61.8 Å². The van der Waals surface area contributed by atoms with Crippen molar-refractivity contribution in [2.75, 3.05) is 7.05 Å². The third kappa shape index (κ3) is 3.94. The Hall–Kier alpha value is -3.06. The zero-order chi connectivity index (χ0) is 19.5. The number of oxazole rings is 1. The molecular formula is C21H20N4O2S. The van der Waals surface area contributed by atoms with Crippen molar-refractivity contribution in [2.45, 2.75) is 17.5 Å². The van der Waals surface area contributed by atoms with Gasteiger partial charge in [-0.15, -0.1) is 0 Å². The number of fused-ring (bicyclic) bond motifs is 1. The van der Waals surface area contributed by atoms with Crippen molar-refractivity contribution >= 4 is 28.8 Å². The number of benzene rings is 2. The molecule has 142 valence electrons. The predicted octanol–water partition coefficient (Wildman–Crippen LogP) is 4.13. The molecule has 0 saturated heterocycles. The Balaban J connectivity index is 1.48. The molecule has 2 aromatic carbocycles. The highest BCUT2D eigenvalue weighted by atomic mass is 32.2. The van der Waals surface area contributed by atoms with Gasteiger partial charge in [0.1, 0.15) is 5.52 Å². The lowest BCUT2D eigenvalue weighted by atomic mass is 10.1. The number of hydrogen-bond acceptors (Lipinski definition) is 5. The van der Waals surface area contributed by atoms with Gasteiger partial charge in [0.05, 0.1) is 6.20 Å². The van der Waals surface area contributed by atoms with Crippen molar-refractivity contribution in [3.63, 3.8) is 0 Å². The van der Waals surface area contributed by atoms with Gasteiger partial charge >= 0.3 is 0 Å². The number of nitrogens with zero attached hydrogens (tertiary/aromatic N) is 4. The van der Waals surface area contributed by atoms with Gasteiger partial charge in [0.15, 0.2) is 5.58 Å². The Kier molecular flexibility index (Phi) is 5.16. The second kappa shape index (κ2) is 7.90. The fraction of sp³-hybridized carbons (Fsp3) is 0.190. The van der Waals surface area contributed by atoms with E-state index in [-0.39, 0.29) is 5.91 Å². The zero-order valence-electron chi connectivity index (χ0n) is 15.7. The smallest absolute Gasteiger partial charge is 0.257 e. The van der Waals surface area contributed by atoms with Crippen molar-refractivity contribution in [3.05, 3.63) is 77.6 Å². The number of amides is 1. The summed E-state index contributed by atoms with van der Waals surface area (Å²) in [4.78, 5) is 19.2. The van der Waals surface area contributed by atoms with Gasteiger partial charge in [-0.05, 0) is 23.8 Å². The van der Waals surface area contributed by atoms with Crippen LogP contribution in [0.3, 0.4) is 0 Å². The summed E-state index contributed by atoms with van der Waals surface area (Å²) in [5.41, 5.74) is 4.25. The first kappa shape index (κ1) is 18.3. The Bertz CT molecular complexity index is 1090. The fourth-order valence-electron chi connectivity index (χ4n) is 3.01. The van der Waals surface area contributed by atoms with Crippen molar-refractivity contribution in [1.29, 1.82) is 0 Å². The molecule has 0 N–H and O–H groups in total. The maximum Gasteiger partial charge on any atom is 0.257 e. The van der Waals surface area contributed by atoms with Crippen LogP contribution in [0.25, 0.3) is 11.1 Å². The third-order valence-electron chi connectivity index (χ3n) is 4.40. The molecule has 2 aromatic heterocycles. The summed E-state index contributed by atoms with van der Waals surface area (Å²) in [7, 11) is 3.67. The number of rotatable bonds is 6. The van der Waals surface area contributed by atoms with Gasteiger partial charge in [0.2, 0.25) is 0 Å². The zero-order valence-corrected chi connectivity index (χ0v) is 16.5. The molecule has 0 spiro atoms. The van der Waals surface area contributed by atoms with Crippen LogP contribution in [0.5, 0.6) is 0 Å². The first-order valence-electron chi connectivity index (χ1n) is 8.89. The van der Waals surface area contributed by atoms with Gasteiger partial charge < -0.3 is 9.32 Å². The molecule has 1 amide bonds. The molecule has 0 fully saturated rings. The molecule has 0 aliphatic rings. The van der Waals surface area contributed by atoms with Crippen LogP contribution in [0.2, 0.25) is 0 Å². The second-order valence-electron chi connectivity index (χ2n) is 6.58. The van der Waals surface area contributed by atoms with E-state index in [1.165, 1.54) is 11.8 Å². The summed E-state index contributed by atoms with van der Waals surface area (Å²) >= 11 is 1.49. The van der Waals surface area contributed by atoms with E-state index in [1.54, 1.807) is 22.8 Å². The summed E-state index contributed by atoms with van der Waals surface area (Å²) in [6, 6.07) is 15.4. The highest BCUT2D eigenvalue weighted by Crippen LogP contribution is 2.27. The minimum absolute atomic E-state index is 0.0161. The molecule has 7 heteroatoms. The molecule has 0 unspecified atom stereocenters. The summed E-state index contributed by atoms with van der Waals surface area (Å²) in [5.74, 6) is 0.591. The second-order valence-corrected chi connectivity index (χ2v) is 7.50. The van der Waals surface area contributed by atoms with E-state index in [0.29, 0.717) is 23.1 Å². The molecule has 0 radical (unpaired) electrons. The maximum atomic E-state index is 13.0. The topological polar surface area (TPSA) is 64.2 Å². The van der Waals surface area contributed by atoms with E-state index in [2.05, 4.69) is 10.1 Å². The fourth-order valence-corrected chi connectivity index (χ4v) is 3.85. The van der Waals surface area contributed by atoms with Crippen LogP contribution in [-0.2, 0) is 19.3 Å². The minimum Gasteiger partial charge on any atom is -0.431 e. The quantitative estimate of drug-likeness (QED) is 0.462. The van der Waals surface area contributed by atoms with Crippen LogP contribution < -0.4 is 0 Å². The predicted molar refractivity (Wildman–Crippen MR) is 109 cm³/mol. The van der Waals surface area contributed by atoms with Gasteiger partial charge in [0, 0.05) is 43.7 Å². The lowest BCUT2D eigenvalue weighted by molar-refractivity contribution is 0.0784. The molecule has 4 aromatic rings. The number of thioether (sulfide) groups is 1. The molecule has 0 aliphatic heterocycles. The number of aromatic nitrogens is 3. The molecule has 0 atom stereocenters. The molecule has 0 aliphatic carbocycles. The van der Waals surface area contributed by atoms with Crippen molar-refractivity contribution in [2.24, 2.45) is 7.05 Å². The Morgan fingerprint density at radius 1 is 1.18 bits per heavy atom.